The molecule has 0 heterocycles. The van der Waals surface area contributed by atoms with Crippen LogP contribution in [-0.2, 0) is 19.1 Å². The van der Waals surface area contributed by atoms with Gasteiger partial charge in [-0.05, 0) is 23.4 Å². The molecule has 0 fully saturated rings. The highest BCUT2D eigenvalue weighted by Gasteiger charge is 2.41. The van der Waals surface area contributed by atoms with E-state index < -0.39 is 23.6 Å². The Morgan fingerprint density at radius 1 is 1.53 bits per heavy atom. The summed E-state index contributed by atoms with van der Waals surface area (Å²) in [5, 5.41) is 10.3. The summed E-state index contributed by atoms with van der Waals surface area (Å²) in [6.07, 6.45) is 1.97. The summed E-state index contributed by atoms with van der Waals surface area (Å²) in [4.78, 5) is 21.7. The Morgan fingerprint density at radius 2 is 2.18 bits per heavy atom. The van der Waals surface area contributed by atoms with Crippen LogP contribution in [0.1, 0.15) is 26.7 Å². The minimum absolute atomic E-state index is 0.227. The van der Waals surface area contributed by atoms with Crippen LogP contribution < -0.4 is 0 Å². The fourth-order valence-corrected chi connectivity index (χ4v) is 2.29. The van der Waals surface area contributed by atoms with E-state index in [9.17, 15) is 14.7 Å². The minimum Gasteiger partial charge on any atom is -0.462 e. The van der Waals surface area contributed by atoms with Crippen LogP contribution in [0, 0.1) is 0 Å². The van der Waals surface area contributed by atoms with Gasteiger partial charge in [-0.1, -0.05) is 15.9 Å². The Kier molecular flexibility index (Phi) is 4.70. The molecule has 1 rings (SSSR count). The van der Waals surface area contributed by atoms with Crippen molar-refractivity contribution in [1.82, 2.24) is 0 Å². The molecule has 0 spiro atoms. The van der Waals surface area contributed by atoms with E-state index in [2.05, 4.69) is 15.9 Å². The summed E-state index contributed by atoms with van der Waals surface area (Å²) in [6.45, 7) is 2.31. The molecule has 0 saturated carbocycles. The van der Waals surface area contributed by atoms with Crippen LogP contribution in [0.3, 0.4) is 0 Å². The predicted octanol–water partition coefficient (Wildman–Crippen LogP) is 1.28. The van der Waals surface area contributed by atoms with Gasteiger partial charge in [-0.15, -0.1) is 0 Å². The number of allylic oxidation sites excluding steroid dienone is 1. The molecule has 96 valence electrons. The largest absolute Gasteiger partial charge is 0.462 e. The van der Waals surface area contributed by atoms with Crippen molar-refractivity contribution in [2.45, 2.75) is 38.4 Å². The van der Waals surface area contributed by atoms with E-state index >= 15 is 0 Å². The van der Waals surface area contributed by atoms with Crippen molar-refractivity contribution in [2.75, 3.05) is 6.61 Å². The summed E-state index contributed by atoms with van der Waals surface area (Å²) in [5.41, 5.74) is -1.46. The fourth-order valence-electron chi connectivity index (χ4n) is 1.67. The Hall–Kier alpha value is -0.880. The van der Waals surface area contributed by atoms with Crippen LogP contribution in [-0.4, -0.2) is 35.4 Å². The van der Waals surface area contributed by atoms with Crippen molar-refractivity contribution in [2.24, 2.45) is 0 Å². The standard InChI is InChI=1S/C11H15BrO5/c1-7(13)16-6-11(15)5-9(12)3-4-10(11)17-8(2)14/h5,10,15H,3-4,6H2,1-2H3. The lowest BCUT2D eigenvalue weighted by atomic mass is 9.88. The summed E-state index contributed by atoms with van der Waals surface area (Å²) in [5.74, 6) is -0.960. The lowest BCUT2D eigenvalue weighted by Gasteiger charge is -2.35. The van der Waals surface area contributed by atoms with E-state index in [0.717, 1.165) is 4.48 Å². The normalized spacial score (nSPS) is 28.2. The second kappa shape index (κ2) is 5.64. The van der Waals surface area contributed by atoms with Gasteiger partial charge in [-0.25, -0.2) is 0 Å². The SMILES string of the molecule is CC(=O)OCC1(O)C=C(Br)CCC1OC(C)=O. The minimum atomic E-state index is -1.46. The van der Waals surface area contributed by atoms with E-state index in [-0.39, 0.29) is 6.61 Å². The van der Waals surface area contributed by atoms with Gasteiger partial charge in [0.2, 0.25) is 0 Å². The first kappa shape index (κ1) is 14.2. The molecule has 1 aliphatic rings. The highest BCUT2D eigenvalue weighted by molar-refractivity contribution is 9.11. The van der Waals surface area contributed by atoms with Crippen LogP contribution in [0.15, 0.2) is 10.6 Å². The van der Waals surface area contributed by atoms with Crippen molar-refractivity contribution < 1.29 is 24.2 Å². The van der Waals surface area contributed by atoms with E-state index in [0.29, 0.717) is 12.8 Å². The first-order chi connectivity index (χ1) is 7.83. The van der Waals surface area contributed by atoms with Gasteiger partial charge in [0, 0.05) is 13.8 Å². The Balaban J connectivity index is 2.81. The number of ether oxygens (including phenoxy) is 2. The number of rotatable bonds is 3. The molecule has 1 N–H and O–H groups in total. The van der Waals surface area contributed by atoms with E-state index in [1.165, 1.54) is 19.9 Å². The van der Waals surface area contributed by atoms with Gasteiger partial charge in [0.15, 0.2) is 5.60 Å². The summed E-state index contributed by atoms with van der Waals surface area (Å²) >= 11 is 3.28. The molecule has 17 heavy (non-hydrogen) atoms. The van der Waals surface area contributed by atoms with Gasteiger partial charge < -0.3 is 14.6 Å². The molecule has 0 saturated heterocycles. The molecule has 2 atom stereocenters. The number of hydrogen-bond acceptors (Lipinski definition) is 5. The quantitative estimate of drug-likeness (QED) is 0.795. The second-order valence-corrected chi connectivity index (χ2v) is 5.02. The predicted molar refractivity (Wildman–Crippen MR) is 63.4 cm³/mol. The molecular weight excluding hydrogens is 292 g/mol. The first-order valence-corrected chi connectivity index (χ1v) is 6.03. The van der Waals surface area contributed by atoms with E-state index in [4.69, 9.17) is 9.47 Å². The third kappa shape index (κ3) is 4.12. The molecule has 0 radical (unpaired) electrons. The molecule has 2 unspecified atom stereocenters. The van der Waals surface area contributed by atoms with Crippen molar-refractivity contribution in [1.29, 1.82) is 0 Å². The Morgan fingerprint density at radius 3 is 2.71 bits per heavy atom. The monoisotopic (exact) mass is 306 g/mol. The van der Waals surface area contributed by atoms with Crippen molar-refractivity contribution in [3.05, 3.63) is 10.6 Å². The Bertz CT molecular complexity index is 352. The highest BCUT2D eigenvalue weighted by atomic mass is 79.9. The maximum absolute atomic E-state index is 10.9. The van der Waals surface area contributed by atoms with Gasteiger partial charge in [-0.2, -0.15) is 0 Å². The smallest absolute Gasteiger partial charge is 0.303 e. The zero-order valence-corrected chi connectivity index (χ0v) is 11.3. The molecule has 0 aromatic carbocycles. The van der Waals surface area contributed by atoms with Crippen LogP contribution >= 0.6 is 15.9 Å². The number of aliphatic hydroxyl groups is 1. The Labute approximate surface area is 108 Å². The fraction of sp³-hybridized carbons (Fsp3) is 0.636. The lowest BCUT2D eigenvalue weighted by molar-refractivity contribution is -0.169. The highest BCUT2D eigenvalue weighted by Crippen LogP contribution is 2.32. The van der Waals surface area contributed by atoms with Gasteiger partial charge in [0.25, 0.3) is 0 Å². The summed E-state index contributed by atoms with van der Waals surface area (Å²) < 4.78 is 10.6. The van der Waals surface area contributed by atoms with E-state index in [1.54, 1.807) is 0 Å². The number of carbonyl (C=O) groups is 2. The molecule has 1 aliphatic carbocycles. The topological polar surface area (TPSA) is 72.8 Å². The molecule has 0 aliphatic heterocycles. The lowest BCUT2D eigenvalue weighted by Crippen LogP contribution is -2.49. The van der Waals surface area contributed by atoms with Crippen LogP contribution in [0.2, 0.25) is 0 Å². The van der Waals surface area contributed by atoms with E-state index in [1.807, 2.05) is 0 Å². The van der Waals surface area contributed by atoms with Crippen molar-refractivity contribution in [3.8, 4) is 0 Å². The van der Waals surface area contributed by atoms with Gasteiger partial charge in [-0.3, -0.25) is 9.59 Å². The average Bonchev–Trinajstić information content (AvgIpc) is 2.19. The summed E-state index contributed by atoms with van der Waals surface area (Å²) in [6, 6.07) is 0. The molecular formula is C11H15BrO5. The third-order valence-corrected chi connectivity index (χ3v) is 3.05. The van der Waals surface area contributed by atoms with Gasteiger partial charge in [0.1, 0.15) is 12.7 Å². The van der Waals surface area contributed by atoms with Gasteiger partial charge >= 0.3 is 11.9 Å². The molecule has 0 amide bonds. The van der Waals surface area contributed by atoms with Crippen molar-refractivity contribution >= 4 is 27.9 Å². The number of halogens is 1. The maximum Gasteiger partial charge on any atom is 0.303 e. The average molecular weight is 307 g/mol. The van der Waals surface area contributed by atoms with Crippen molar-refractivity contribution in [3.63, 3.8) is 0 Å². The first-order valence-electron chi connectivity index (χ1n) is 5.23. The zero-order valence-electron chi connectivity index (χ0n) is 9.73. The third-order valence-electron chi connectivity index (χ3n) is 2.42. The van der Waals surface area contributed by atoms with Crippen LogP contribution in [0.4, 0.5) is 0 Å². The number of carbonyl (C=O) groups excluding carboxylic acids is 2. The summed E-state index contributed by atoms with van der Waals surface area (Å²) in [7, 11) is 0. The molecule has 5 nitrogen and oxygen atoms in total. The molecule has 0 aromatic rings. The van der Waals surface area contributed by atoms with Crippen LogP contribution in [0.25, 0.3) is 0 Å². The molecule has 6 heteroatoms. The number of hydrogen-bond donors (Lipinski definition) is 1. The number of esters is 2. The second-order valence-electron chi connectivity index (χ2n) is 4.00. The van der Waals surface area contributed by atoms with Crippen LogP contribution in [0.5, 0.6) is 0 Å². The van der Waals surface area contributed by atoms with Gasteiger partial charge in [0.05, 0.1) is 0 Å². The maximum atomic E-state index is 10.9. The molecule has 0 aromatic heterocycles. The zero-order chi connectivity index (χ0) is 13.1. The molecule has 0 bridgehead atoms.